The molecule has 124 valence electrons. The molecule has 0 amide bonds. The lowest BCUT2D eigenvalue weighted by atomic mass is 10.1. The number of esters is 1. The normalized spacial score (nSPS) is 10.7. The first kappa shape index (κ1) is 16.7. The van der Waals surface area contributed by atoms with Crippen LogP contribution >= 0.6 is 23.1 Å². The number of fused-ring (bicyclic) bond motifs is 1. The fourth-order valence-corrected chi connectivity index (χ4v) is 3.70. The highest BCUT2D eigenvalue weighted by atomic mass is 32.2. The highest BCUT2D eigenvalue weighted by Gasteiger charge is 2.09. The number of thiophene rings is 1. The standard InChI is InChI=1S/C17H16N2O3S2/c1-21-13-4-2-12(3-5-13)6-8-22-15(20)10-24-17-14-7-9-23-16(14)18-11-19-17/h2-5,7,9,11H,6,8,10H2,1H3. The molecule has 0 spiro atoms. The third-order valence-corrected chi connectivity index (χ3v) is 5.16. The molecule has 3 aromatic rings. The number of hydrogen-bond acceptors (Lipinski definition) is 7. The van der Waals surface area contributed by atoms with Crippen LogP contribution in [0.1, 0.15) is 5.56 Å². The molecule has 24 heavy (non-hydrogen) atoms. The third-order valence-electron chi connectivity index (χ3n) is 3.36. The van der Waals surface area contributed by atoms with Gasteiger partial charge in [0.25, 0.3) is 0 Å². The topological polar surface area (TPSA) is 61.3 Å². The Morgan fingerprint density at radius 3 is 2.83 bits per heavy atom. The van der Waals surface area contributed by atoms with Crippen LogP contribution in [0.5, 0.6) is 5.75 Å². The Hall–Kier alpha value is -2.12. The predicted molar refractivity (Wildman–Crippen MR) is 95.8 cm³/mol. The minimum Gasteiger partial charge on any atom is -0.497 e. The number of methoxy groups -OCH3 is 1. The van der Waals surface area contributed by atoms with Gasteiger partial charge in [0.05, 0.1) is 19.5 Å². The van der Waals surface area contributed by atoms with Crippen molar-refractivity contribution < 1.29 is 14.3 Å². The fraction of sp³-hybridized carbons (Fsp3) is 0.235. The van der Waals surface area contributed by atoms with E-state index in [1.807, 2.05) is 35.7 Å². The van der Waals surface area contributed by atoms with E-state index >= 15 is 0 Å². The Labute approximate surface area is 148 Å². The van der Waals surface area contributed by atoms with Gasteiger partial charge in [-0.3, -0.25) is 4.79 Å². The number of thioether (sulfide) groups is 1. The van der Waals surface area contributed by atoms with Crippen LogP contribution in [0, 0.1) is 0 Å². The summed E-state index contributed by atoms with van der Waals surface area (Å²) in [5.41, 5.74) is 1.10. The van der Waals surface area contributed by atoms with Crippen LogP contribution in [-0.2, 0) is 16.0 Å². The van der Waals surface area contributed by atoms with Crippen molar-refractivity contribution >= 4 is 39.3 Å². The van der Waals surface area contributed by atoms with E-state index in [1.165, 1.54) is 18.1 Å². The molecular weight excluding hydrogens is 344 g/mol. The van der Waals surface area contributed by atoms with Gasteiger partial charge in [-0.05, 0) is 29.1 Å². The number of ether oxygens (including phenoxy) is 2. The molecule has 7 heteroatoms. The zero-order chi connectivity index (χ0) is 16.8. The van der Waals surface area contributed by atoms with Crippen LogP contribution in [0.15, 0.2) is 47.1 Å². The molecule has 0 fully saturated rings. The van der Waals surface area contributed by atoms with Crippen molar-refractivity contribution in [1.82, 2.24) is 9.97 Å². The van der Waals surface area contributed by atoms with Crippen molar-refractivity contribution in [2.45, 2.75) is 11.4 Å². The molecule has 0 radical (unpaired) electrons. The monoisotopic (exact) mass is 360 g/mol. The smallest absolute Gasteiger partial charge is 0.316 e. The molecule has 0 aliphatic rings. The van der Waals surface area contributed by atoms with Gasteiger partial charge in [-0.15, -0.1) is 11.3 Å². The molecule has 2 aromatic heterocycles. The Bertz CT molecular complexity index is 818. The van der Waals surface area contributed by atoms with E-state index in [2.05, 4.69) is 9.97 Å². The molecule has 0 saturated heterocycles. The number of aromatic nitrogens is 2. The molecule has 0 unspecified atom stereocenters. The van der Waals surface area contributed by atoms with Gasteiger partial charge in [-0.25, -0.2) is 9.97 Å². The van der Waals surface area contributed by atoms with Gasteiger partial charge in [0, 0.05) is 11.8 Å². The Balaban J connectivity index is 1.45. The van der Waals surface area contributed by atoms with Crippen LogP contribution in [0.2, 0.25) is 0 Å². The van der Waals surface area contributed by atoms with E-state index in [1.54, 1.807) is 18.4 Å². The van der Waals surface area contributed by atoms with Gasteiger partial charge >= 0.3 is 5.97 Å². The number of carbonyl (C=O) groups excluding carboxylic acids is 1. The highest BCUT2D eigenvalue weighted by molar-refractivity contribution is 8.00. The molecule has 0 N–H and O–H groups in total. The van der Waals surface area contributed by atoms with E-state index in [-0.39, 0.29) is 11.7 Å². The zero-order valence-corrected chi connectivity index (χ0v) is 14.7. The summed E-state index contributed by atoms with van der Waals surface area (Å²) < 4.78 is 10.4. The summed E-state index contributed by atoms with van der Waals surface area (Å²) in [4.78, 5) is 21.2. The lowest BCUT2D eigenvalue weighted by Gasteiger charge is -2.06. The quantitative estimate of drug-likeness (QED) is 0.365. The molecular formula is C17H16N2O3S2. The van der Waals surface area contributed by atoms with Gasteiger partial charge in [0.2, 0.25) is 0 Å². The van der Waals surface area contributed by atoms with Crippen LogP contribution in [0.3, 0.4) is 0 Å². The number of benzene rings is 1. The second-order valence-electron chi connectivity index (χ2n) is 4.93. The zero-order valence-electron chi connectivity index (χ0n) is 13.1. The molecule has 3 rings (SSSR count). The van der Waals surface area contributed by atoms with E-state index in [9.17, 15) is 4.79 Å². The first-order valence-corrected chi connectivity index (χ1v) is 9.22. The van der Waals surface area contributed by atoms with Gasteiger partial charge in [-0.1, -0.05) is 23.9 Å². The number of rotatable bonds is 7. The second kappa shape index (κ2) is 8.12. The summed E-state index contributed by atoms with van der Waals surface area (Å²) in [6.45, 7) is 0.364. The van der Waals surface area contributed by atoms with E-state index < -0.39 is 0 Å². The maximum atomic E-state index is 11.9. The number of hydrogen-bond donors (Lipinski definition) is 0. The molecule has 0 saturated carbocycles. The van der Waals surface area contributed by atoms with Gasteiger partial charge in [0.1, 0.15) is 21.9 Å². The first-order valence-electron chi connectivity index (χ1n) is 7.36. The summed E-state index contributed by atoms with van der Waals surface area (Å²) in [5, 5.41) is 3.77. The number of carbonyl (C=O) groups is 1. The van der Waals surface area contributed by atoms with Gasteiger partial charge in [-0.2, -0.15) is 0 Å². The van der Waals surface area contributed by atoms with Crippen molar-refractivity contribution in [1.29, 1.82) is 0 Å². The SMILES string of the molecule is COc1ccc(CCOC(=O)CSc2ncnc3sccc23)cc1. The Kier molecular flexibility index (Phi) is 5.66. The maximum Gasteiger partial charge on any atom is 0.316 e. The summed E-state index contributed by atoms with van der Waals surface area (Å²) in [5.74, 6) is 0.817. The third kappa shape index (κ3) is 4.24. The predicted octanol–water partition coefficient (Wildman–Crippen LogP) is 3.58. The fourth-order valence-electron chi connectivity index (χ4n) is 2.13. The molecule has 1 aromatic carbocycles. The van der Waals surface area contributed by atoms with E-state index in [4.69, 9.17) is 9.47 Å². The highest BCUT2D eigenvalue weighted by Crippen LogP contribution is 2.27. The van der Waals surface area contributed by atoms with Gasteiger partial charge in [0.15, 0.2) is 0 Å². The summed E-state index contributed by atoms with van der Waals surface area (Å²) >= 11 is 2.94. The largest absolute Gasteiger partial charge is 0.497 e. The average molecular weight is 360 g/mol. The maximum absolute atomic E-state index is 11.9. The second-order valence-corrected chi connectivity index (χ2v) is 6.78. The summed E-state index contributed by atoms with van der Waals surface area (Å²) in [6, 6.07) is 9.70. The lowest BCUT2D eigenvalue weighted by molar-refractivity contribution is -0.140. The first-order chi connectivity index (χ1) is 11.8. The van der Waals surface area contributed by atoms with Crippen LogP contribution in [0.25, 0.3) is 10.2 Å². The summed E-state index contributed by atoms with van der Waals surface area (Å²) in [6.07, 6.45) is 2.21. The Morgan fingerprint density at radius 2 is 2.04 bits per heavy atom. The molecule has 2 heterocycles. The minimum atomic E-state index is -0.240. The number of nitrogens with zero attached hydrogens (tertiary/aromatic N) is 2. The van der Waals surface area contributed by atoms with Crippen molar-refractivity contribution in [2.75, 3.05) is 19.5 Å². The average Bonchev–Trinajstić information content (AvgIpc) is 3.10. The molecule has 0 atom stereocenters. The van der Waals surface area contributed by atoms with E-state index in [0.717, 1.165) is 26.6 Å². The molecule has 0 aliphatic heterocycles. The summed E-state index contributed by atoms with van der Waals surface area (Å²) in [7, 11) is 1.63. The van der Waals surface area contributed by atoms with Crippen molar-refractivity contribution in [3.8, 4) is 5.75 Å². The van der Waals surface area contributed by atoms with Crippen molar-refractivity contribution in [2.24, 2.45) is 0 Å². The van der Waals surface area contributed by atoms with Crippen molar-refractivity contribution in [3.63, 3.8) is 0 Å². The minimum absolute atomic E-state index is 0.240. The Morgan fingerprint density at radius 1 is 1.21 bits per heavy atom. The molecule has 0 aliphatic carbocycles. The van der Waals surface area contributed by atoms with Crippen LogP contribution in [0.4, 0.5) is 0 Å². The van der Waals surface area contributed by atoms with Gasteiger partial charge < -0.3 is 9.47 Å². The van der Waals surface area contributed by atoms with E-state index in [0.29, 0.717) is 13.0 Å². The molecule has 5 nitrogen and oxygen atoms in total. The lowest BCUT2D eigenvalue weighted by Crippen LogP contribution is -2.10. The molecule has 0 bridgehead atoms. The van der Waals surface area contributed by atoms with Crippen LogP contribution in [-0.4, -0.2) is 35.4 Å². The van der Waals surface area contributed by atoms with Crippen molar-refractivity contribution in [3.05, 3.63) is 47.6 Å². The van der Waals surface area contributed by atoms with Crippen LogP contribution < -0.4 is 4.74 Å².